The monoisotopic (exact) mass is 232 g/mol. The molecule has 2 rings (SSSR count). The van der Waals surface area contributed by atoms with Gasteiger partial charge in [0.2, 0.25) is 0 Å². The van der Waals surface area contributed by atoms with Crippen LogP contribution in [0.15, 0.2) is 12.1 Å². The Morgan fingerprint density at radius 2 is 2.00 bits per heavy atom. The van der Waals surface area contributed by atoms with Crippen molar-refractivity contribution in [2.24, 2.45) is 11.7 Å². The van der Waals surface area contributed by atoms with Crippen LogP contribution in [0.4, 0.5) is 19.0 Å². The quantitative estimate of drug-likeness (QED) is 0.822. The molecule has 0 spiro atoms. The van der Waals surface area contributed by atoms with Gasteiger partial charge in [0.15, 0.2) is 11.5 Å². The van der Waals surface area contributed by atoms with Gasteiger partial charge in [-0.1, -0.05) is 0 Å². The number of rotatable bonds is 2. The molecule has 1 aliphatic rings. The standard InChI is InChI=1S/C9H11F3N4/c10-9(11,12)7-1-2-8(15-14-7)16-4-6(3-13)5-16/h1-2,6H,3-5,13H2. The van der Waals surface area contributed by atoms with Crippen LogP contribution in [0.3, 0.4) is 0 Å². The van der Waals surface area contributed by atoms with Crippen molar-refractivity contribution in [2.75, 3.05) is 24.5 Å². The normalized spacial score (nSPS) is 17.4. The van der Waals surface area contributed by atoms with Crippen LogP contribution in [-0.4, -0.2) is 29.8 Å². The van der Waals surface area contributed by atoms with E-state index in [1.807, 2.05) is 4.90 Å². The molecule has 0 saturated carbocycles. The van der Waals surface area contributed by atoms with Crippen LogP contribution in [0.1, 0.15) is 5.69 Å². The Hall–Kier alpha value is -1.37. The molecular formula is C9H11F3N4. The van der Waals surface area contributed by atoms with Crippen LogP contribution >= 0.6 is 0 Å². The fourth-order valence-corrected chi connectivity index (χ4v) is 1.55. The van der Waals surface area contributed by atoms with Gasteiger partial charge in [0.25, 0.3) is 0 Å². The van der Waals surface area contributed by atoms with E-state index in [9.17, 15) is 13.2 Å². The third-order valence-corrected chi connectivity index (χ3v) is 2.56. The van der Waals surface area contributed by atoms with E-state index in [0.29, 0.717) is 18.3 Å². The van der Waals surface area contributed by atoms with E-state index in [0.717, 1.165) is 19.2 Å². The first kappa shape index (κ1) is 11.1. The number of nitrogens with zero attached hydrogens (tertiary/aromatic N) is 3. The van der Waals surface area contributed by atoms with Crippen molar-refractivity contribution in [1.29, 1.82) is 0 Å². The minimum atomic E-state index is -4.43. The van der Waals surface area contributed by atoms with Crippen LogP contribution in [0.25, 0.3) is 0 Å². The summed E-state index contributed by atoms with van der Waals surface area (Å²) in [6.45, 7) is 2.05. The van der Waals surface area contributed by atoms with Gasteiger partial charge in [0, 0.05) is 19.0 Å². The van der Waals surface area contributed by atoms with Gasteiger partial charge in [-0.25, -0.2) is 0 Å². The molecule has 2 heterocycles. The Kier molecular flexibility index (Phi) is 2.71. The van der Waals surface area contributed by atoms with Gasteiger partial charge in [0.1, 0.15) is 0 Å². The predicted molar refractivity (Wildman–Crippen MR) is 51.8 cm³/mol. The first-order chi connectivity index (χ1) is 7.50. The van der Waals surface area contributed by atoms with Gasteiger partial charge >= 0.3 is 6.18 Å². The fraction of sp³-hybridized carbons (Fsp3) is 0.556. The molecule has 1 aliphatic heterocycles. The maximum absolute atomic E-state index is 12.2. The maximum atomic E-state index is 12.2. The van der Waals surface area contributed by atoms with Crippen molar-refractivity contribution in [3.05, 3.63) is 17.8 Å². The molecule has 1 aromatic rings. The highest BCUT2D eigenvalue weighted by molar-refractivity contribution is 5.40. The molecule has 0 aliphatic carbocycles. The van der Waals surface area contributed by atoms with Crippen molar-refractivity contribution in [1.82, 2.24) is 10.2 Å². The number of aromatic nitrogens is 2. The van der Waals surface area contributed by atoms with Gasteiger partial charge in [-0.3, -0.25) is 0 Å². The van der Waals surface area contributed by atoms with Crippen molar-refractivity contribution in [2.45, 2.75) is 6.18 Å². The molecule has 1 fully saturated rings. The Morgan fingerprint density at radius 3 is 2.44 bits per heavy atom. The number of alkyl halides is 3. The molecule has 88 valence electrons. The fourth-order valence-electron chi connectivity index (χ4n) is 1.55. The highest BCUT2D eigenvalue weighted by atomic mass is 19.4. The zero-order valence-corrected chi connectivity index (χ0v) is 8.41. The van der Waals surface area contributed by atoms with Crippen LogP contribution in [-0.2, 0) is 6.18 Å². The molecule has 0 atom stereocenters. The first-order valence-corrected chi connectivity index (χ1v) is 4.86. The van der Waals surface area contributed by atoms with E-state index in [-0.39, 0.29) is 0 Å². The van der Waals surface area contributed by atoms with Crippen LogP contribution < -0.4 is 10.6 Å². The number of hydrogen-bond donors (Lipinski definition) is 1. The summed E-state index contributed by atoms with van der Waals surface area (Å²) in [5.74, 6) is 0.877. The van der Waals surface area contributed by atoms with Crippen LogP contribution in [0, 0.1) is 5.92 Å². The molecule has 4 nitrogen and oxygen atoms in total. The zero-order chi connectivity index (χ0) is 11.8. The smallest absolute Gasteiger partial charge is 0.354 e. The van der Waals surface area contributed by atoms with E-state index in [1.54, 1.807) is 0 Å². The third kappa shape index (κ3) is 2.08. The van der Waals surface area contributed by atoms with Crippen molar-refractivity contribution >= 4 is 5.82 Å². The number of halogens is 3. The van der Waals surface area contributed by atoms with Gasteiger partial charge in [-0.05, 0) is 18.7 Å². The second kappa shape index (κ2) is 3.89. The first-order valence-electron chi connectivity index (χ1n) is 4.86. The maximum Gasteiger partial charge on any atom is 0.435 e. The average molecular weight is 232 g/mol. The molecule has 0 radical (unpaired) electrons. The van der Waals surface area contributed by atoms with E-state index in [2.05, 4.69) is 10.2 Å². The lowest BCUT2D eigenvalue weighted by Crippen LogP contribution is -2.50. The number of anilines is 1. The number of hydrogen-bond acceptors (Lipinski definition) is 4. The van der Waals surface area contributed by atoms with Crippen molar-refractivity contribution in [3.63, 3.8) is 0 Å². The van der Waals surface area contributed by atoms with Crippen LogP contribution in [0.5, 0.6) is 0 Å². The summed E-state index contributed by atoms with van der Waals surface area (Å²) in [4.78, 5) is 1.85. The van der Waals surface area contributed by atoms with Gasteiger partial charge in [-0.2, -0.15) is 13.2 Å². The zero-order valence-electron chi connectivity index (χ0n) is 8.41. The summed E-state index contributed by atoms with van der Waals surface area (Å²) in [6.07, 6.45) is -4.43. The van der Waals surface area contributed by atoms with Gasteiger partial charge in [-0.15, -0.1) is 10.2 Å². The largest absolute Gasteiger partial charge is 0.435 e. The van der Waals surface area contributed by atoms with E-state index < -0.39 is 11.9 Å². The molecule has 1 saturated heterocycles. The molecule has 0 amide bonds. The second-order valence-corrected chi connectivity index (χ2v) is 3.78. The number of nitrogens with two attached hydrogens (primary N) is 1. The minimum absolute atomic E-state index is 0.407. The average Bonchev–Trinajstić information content (AvgIpc) is 2.15. The highest BCUT2D eigenvalue weighted by Crippen LogP contribution is 2.28. The lowest BCUT2D eigenvalue weighted by molar-refractivity contribution is -0.141. The summed E-state index contributed by atoms with van der Waals surface area (Å²) in [6, 6.07) is 2.28. The summed E-state index contributed by atoms with van der Waals surface area (Å²) in [5.41, 5.74) is 4.48. The van der Waals surface area contributed by atoms with E-state index in [1.165, 1.54) is 6.07 Å². The van der Waals surface area contributed by atoms with Gasteiger partial charge < -0.3 is 10.6 Å². The highest BCUT2D eigenvalue weighted by Gasteiger charge is 2.33. The SMILES string of the molecule is NCC1CN(c2ccc(C(F)(F)F)nn2)C1. The van der Waals surface area contributed by atoms with Crippen molar-refractivity contribution in [3.8, 4) is 0 Å². The Morgan fingerprint density at radius 1 is 1.31 bits per heavy atom. The summed E-state index contributed by atoms with van der Waals surface area (Å²) in [7, 11) is 0. The lowest BCUT2D eigenvalue weighted by Gasteiger charge is -2.39. The molecule has 7 heteroatoms. The molecule has 0 aromatic carbocycles. The third-order valence-electron chi connectivity index (χ3n) is 2.56. The summed E-state index contributed by atoms with van der Waals surface area (Å²) < 4.78 is 36.6. The van der Waals surface area contributed by atoms with E-state index in [4.69, 9.17) is 5.73 Å². The molecule has 0 bridgehead atoms. The Bertz CT molecular complexity index is 356. The molecule has 16 heavy (non-hydrogen) atoms. The lowest BCUT2D eigenvalue weighted by atomic mass is 10.0. The summed E-state index contributed by atoms with van der Waals surface area (Å²) in [5, 5.41) is 6.71. The Balaban J connectivity index is 2.04. The molecular weight excluding hydrogens is 221 g/mol. The molecule has 0 unspecified atom stereocenters. The molecule has 1 aromatic heterocycles. The topological polar surface area (TPSA) is 55.0 Å². The summed E-state index contributed by atoms with van der Waals surface area (Å²) >= 11 is 0. The predicted octanol–water partition coefficient (Wildman–Crippen LogP) is 0.890. The van der Waals surface area contributed by atoms with Crippen LogP contribution in [0.2, 0.25) is 0 Å². The van der Waals surface area contributed by atoms with Crippen molar-refractivity contribution < 1.29 is 13.2 Å². The van der Waals surface area contributed by atoms with Gasteiger partial charge in [0.05, 0.1) is 0 Å². The molecule has 2 N–H and O–H groups in total. The minimum Gasteiger partial charge on any atom is -0.354 e. The Labute approximate surface area is 90.3 Å². The second-order valence-electron chi connectivity index (χ2n) is 3.78. The van der Waals surface area contributed by atoms with E-state index >= 15 is 0 Å².